The van der Waals surface area contributed by atoms with Crippen LogP contribution >= 0.6 is 15.9 Å². The van der Waals surface area contributed by atoms with Gasteiger partial charge in [-0.1, -0.05) is 28.1 Å². The topological polar surface area (TPSA) is 3.24 Å². The van der Waals surface area contributed by atoms with Crippen molar-refractivity contribution < 1.29 is 0 Å². The molecule has 0 N–H and O–H groups in total. The number of nitrogens with zero attached hydrogens (tertiary/aromatic N) is 1. The summed E-state index contributed by atoms with van der Waals surface area (Å²) in [6.45, 7) is 3.78. The smallest absolute Gasteiger partial charge is 0.0234 e. The molecule has 80 valence electrons. The van der Waals surface area contributed by atoms with Gasteiger partial charge in [-0.15, -0.1) is 0 Å². The third kappa shape index (κ3) is 2.11. The van der Waals surface area contributed by atoms with Gasteiger partial charge in [-0.05, 0) is 42.4 Å². The number of rotatable bonds is 2. The third-order valence-electron chi connectivity index (χ3n) is 3.66. The zero-order chi connectivity index (χ0) is 10.3. The molecule has 0 aromatic heterocycles. The number of hydrogen-bond donors (Lipinski definition) is 0. The Labute approximate surface area is 99.6 Å². The Morgan fingerprint density at radius 2 is 1.93 bits per heavy atom. The van der Waals surface area contributed by atoms with E-state index in [9.17, 15) is 0 Å². The molecule has 4 rings (SSSR count). The summed E-state index contributed by atoms with van der Waals surface area (Å²) in [6, 6.07) is 8.69. The van der Waals surface area contributed by atoms with E-state index in [2.05, 4.69) is 45.1 Å². The molecule has 1 nitrogen and oxygen atoms in total. The summed E-state index contributed by atoms with van der Waals surface area (Å²) < 4.78 is 1.20. The lowest BCUT2D eigenvalue weighted by atomic mass is 9.71. The summed E-state index contributed by atoms with van der Waals surface area (Å²) in [7, 11) is 0. The molecule has 2 heteroatoms. The molecule has 1 aromatic rings. The number of fused-ring (bicyclic) bond motifs is 2. The summed E-state index contributed by atoms with van der Waals surface area (Å²) in [4.78, 5) is 2.62. The SMILES string of the molecule is Brc1cccc(CN2CC3CC(C3)C2)c1. The van der Waals surface area contributed by atoms with Crippen molar-refractivity contribution in [1.82, 2.24) is 4.90 Å². The van der Waals surface area contributed by atoms with E-state index in [1.165, 1.54) is 36.0 Å². The van der Waals surface area contributed by atoms with Crippen molar-refractivity contribution in [1.29, 1.82) is 0 Å². The molecular formula is C13H16BrN. The van der Waals surface area contributed by atoms with Crippen molar-refractivity contribution in [3.8, 4) is 0 Å². The Morgan fingerprint density at radius 3 is 2.60 bits per heavy atom. The fourth-order valence-electron chi connectivity index (χ4n) is 3.00. The van der Waals surface area contributed by atoms with Crippen LogP contribution in [0.1, 0.15) is 18.4 Å². The molecular weight excluding hydrogens is 250 g/mol. The van der Waals surface area contributed by atoms with E-state index in [1.807, 2.05) is 0 Å². The first-order chi connectivity index (χ1) is 7.29. The highest BCUT2D eigenvalue weighted by Gasteiger charge is 2.36. The second-order valence-electron chi connectivity index (χ2n) is 5.03. The van der Waals surface area contributed by atoms with Crippen LogP contribution in [0.4, 0.5) is 0 Å². The fraction of sp³-hybridized carbons (Fsp3) is 0.538. The molecule has 1 saturated carbocycles. The van der Waals surface area contributed by atoms with Crippen LogP contribution < -0.4 is 0 Å². The Kier molecular flexibility index (Phi) is 2.57. The van der Waals surface area contributed by atoms with Crippen LogP contribution in [0.2, 0.25) is 0 Å². The maximum atomic E-state index is 3.53. The van der Waals surface area contributed by atoms with E-state index < -0.39 is 0 Å². The lowest BCUT2D eigenvalue weighted by molar-refractivity contribution is 0.0228. The van der Waals surface area contributed by atoms with Crippen LogP contribution in [0, 0.1) is 11.8 Å². The van der Waals surface area contributed by atoms with Gasteiger partial charge in [0.1, 0.15) is 0 Å². The first-order valence-corrected chi connectivity index (χ1v) is 6.56. The Morgan fingerprint density at radius 1 is 1.20 bits per heavy atom. The lowest BCUT2D eigenvalue weighted by Gasteiger charge is -2.47. The zero-order valence-corrected chi connectivity index (χ0v) is 10.4. The molecule has 0 atom stereocenters. The van der Waals surface area contributed by atoms with Crippen LogP contribution in [0.5, 0.6) is 0 Å². The van der Waals surface area contributed by atoms with Crippen molar-refractivity contribution >= 4 is 15.9 Å². The van der Waals surface area contributed by atoms with E-state index in [-0.39, 0.29) is 0 Å². The molecule has 2 heterocycles. The summed E-state index contributed by atoms with van der Waals surface area (Å²) in [6.07, 6.45) is 2.99. The molecule has 0 spiro atoms. The average Bonchev–Trinajstić information content (AvgIpc) is 2.16. The first-order valence-electron chi connectivity index (χ1n) is 5.76. The summed E-state index contributed by atoms with van der Waals surface area (Å²) in [5, 5.41) is 0. The van der Waals surface area contributed by atoms with E-state index in [4.69, 9.17) is 0 Å². The molecule has 2 saturated heterocycles. The van der Waals surface area contributed by atoms with Crippen LogP contribution in [-0.4, -0.2) is 18.0 Å². The highest BCUT2D eigenvalue weighted by atomic mass is 79.9. The first kappa shape index (κ1) is 9.86. The van der Waals surface area contributed by atoms with Crippen LogP contribution in [0.15, 0.2) is 28.7 Å². The number of halogens is 1. The second kappa shape index (κ2) is 3.91. The maximum Gasteiger partial charge on any atom is 0.0234 e. The predicted molar refractivity (Wildman–Crippen MR) is 65.6 cm³/mol. The lowest BCUT2D eigenvalue weighted by Crippen LogP contribution is -2.47. The standard InChI is InChI=1S/C13H16BrN/c14-13-3-1-2-10(6-13)7-15-8-11-4-12(5-11)9-15/h1-3,6,11-12H,4-5,7-9H2. The summed E-state index contributed by atoms with van der Waals surface area (Å²) >= 11 is 3.53. The highest BCUT2D eigenvalue weighted by Crippen LogP contribution is 2.39. The Bertz CT molecular complexity index is 347. The van der Waals surface area contributed by atoms with Crippen LogP contribution in [0.3, 0.4) is 0 Å². The van der Waals surface area contributed by atoms with Gasteiger partial charge in [0, 0.05) is 24.1 Å². The largest absolute Gasteiger partial charge is 0.299 e. The summed E-state index contributed by atoms with van der Waals surface area (Å²) in [5.74, 6) is 2.02. The monoisotopic (exact) mass is 265 g/mol. The number of piperidine rings is 2. The van der Waals surface area contributed by atoms with Gasteiger partial charge in [0.2, 0.25) is 0 Å². The molecule has 15 heavy (non-hydrogen) atoms. The van der Waals surface area contributed by atoms with Crippen molar-refractivity contribution in [3.63, 3.8) is 0 Å². The van der Waals surface area contributed by atoms with E-state index in [0.717, 1.165) is 18.4 Å². The van der Waals surface area contributed by atoms with Gasteiger partial charge in [-0.3, -0.25) is 4.90 Å². The van der Waals surface area contributed by atoms with Gasteiger partial charge in [0.15, 0.2) is 0 Å². The molecule has 2 bridgehead atoms. The van der Waals surface area contributed by atoms with Crippen LogP contribution in [0.25, 0.3) is 0 Å². The minimum atomic E-state index is 1.01. The van der Waals surface area contributed by atoms with E-state index in [1.54, 1.807) is 0 Å². The molecule has 0 radical (unpaired) electrons. The second-order valence-corrected chi connectivity index (χ2v) is 5.94. The molecule has 0 amide bonds. The average molecular weight is 266 g/mol. The minimum absolute atomic E-state index is 1.01. The molecule has 1 aromatic carbocycles. The highest BCUT2D eigenvalue weighted by molar-refractivity contribution is 9.10. The van der Waals surface area contributed by atoms with Crippen molar-refractivity contribution in [2.24, 2.45) is 11.8 Å². The van der Waals surface area contributed by atoms with Gasteiger partial charge in [-0.2, -0.15) is 0 Å². The predicted octanol–water partition coefficient (Wildman–Crippen LogP) is 3.29. The number of benzene rings is 1. The van der Waals surface area contributed by atoms with Crippen LogP contribution in [-0.2, 0) is 6.54 Å². The normalized spacial score (nSPS) is 29.9. The summed E-state index contributed by atoms with van der Waals surface area (Å²) in [5.41, 5.74) is 1.44. The van der Waals surface area contributed by atoms with Gasteiger partial charge in [-0.25, -0.2) is 0 Å². The quantitative estimate of drug-likeness (QED) is 0.794. The molecule has 3 aliphatic rings. The third-order valence-corrected chi connectivity index (χ3v) is 4.15. The number of hydrogen-bond acceptors (Lipinski definition) is 1. The minimum Gasteiger partial charge on any atom is -0.299 e. The molecule has 1 aliphatic carbocycles. The zero-order valence-electron chi connectivity index (χ0n) is 8.82. The van der Waals surface area contributed by atoms with Gasteiger partial charge >= 0.3 is 0 Å². The molecule has 2 aliphatic heterocycles. The Balaban J connectivity index is 1.65. The van der Waals surface area contributed by atoms with E-state index >= 15 is 0 Å². The van der Waals surface area contributed by atoms with Gasteiger partial charge < -0.3 is 0 Å². The van der Waals surface area contributed by atoms with E-state index in [0.29, 0.717) is 0 Å². The molecule has 0 unspecified atom stereocenters. The van der Waals surface area contributed by atoms with Crippen molar-refractivity contribution in [3.05, 3.63) is 34.3 Å². The van der Waals surface area contributed by atoms with Crippen molar-refractivity contribution in [2.45, 2.75) is 19.4 Å². The van der Waals surface area contributed by atoms with Crippen molar-refractivity contribution in [2.75, 3.05) is 13.1 Å². The fourth-order valence-corrected chi connectivity index (χ4v) is 3.45. The Hall–Kier alpha value is -0.340. The maximum absolute atomic E-state index is 3.53. The van der Waals surface area contributed by atoms with Gasteiger partial charge in [0.05, 0.1) is 0 Å². The van der Waals surface area contributed by atoms with Gasteiger partial charge in [0.25, 0.3) is 0 Å². The molecule has 3 fully saturated rings.